The van der Waals surface area contributed by atoms with E-state index in [0.717, 1.165) is 5.56 Å². The molecule has 12 heteroatoms. The molecule has 3 N–H and O–H groups in total. The number of H-pyrrole nitrogens is 1. The molecule has 2 amide bonds. The Labute approximate surface area is 215 Å². The number of nitrogens with zero attached hydrogens (tertiary/aromatic N) is 6. The maximum Gasteiger partial charge on any atom is 0.248 e. The van der Waals surface area contributed by atoms with Crippen LogP contribution in [0.15, 0.2) is 79.3 Å². The zero-order valence-electron chi connectivity index (χ0n) is 19.2. The molecule has 0 bridgehead atoms. The van der Waals surface area contributed by atoms with Crippen molar-refractivity contribution in [3.63, 3.8) is 0 Å². The number of fused-ring (bicyclic) bond motifs is 1. The number of anilines is 1. The number of carbonyl (C=O) groups is 2. The first-order valence-electron chi connectivity index (χ1n) is 11.2. The van der Waals surface area contributed by atoms with Gasteiger partial charge in [-0.25, -0.2) is 4.98 Å². The van der Waals surface area contributed by atoms with E-state index in [2.05, 4.69) is 41.3 Å². The van der Waals surface area contributed by atoms with Gasteiger partial charge in [0.05, 0.1) is 11.1 Å². The van der Waals surface area contributed by atoms with Crippen molar-refractivity contribution < 1.29 is 9.59 Å². The molecule has 0 aliphatic heterocycles. The number of hydrogen-bond donors (Lipinski definition) is 3. The van der Waals surface area contributed by atoms with Crippen LogP contribution in [0.25, 0.3) is 22.8 Å². The van der Waals surface area contributed by atoms with Crippen LogP contribution < -0.4 is 10.6 Å². The molecule has 1 unspecified atom stereocenters. The molecule has 1 atom stereocenters. The van der Waals surface area contributed by atoms with Crippen molar-refractivity contribution in [2.75, 3.05) is 5.32 Å². The summed E-state index contributed by atoms with van der Waals surface area (Å²) in [6, 6.07) is 17.2. The van der Waals surface area contributed by atoms with Gasteiger partial charge in [0, 0.05) is 29.3 Å². The highest BCUT2D eigenvalue weighted by molar-refractivity contribution is 6.30. The maximum atomic E-state index is 13.3. The van der Waals surface area contributed by atoms with Gasteiger partial charge < -0.3 is 10.6 Å². The zero-order chi connectivity index (χ0) is 25.6. The Morgan fingerprint density at radius 2 is 1.97 bits per heavy atom. The van der Waals surface area contributed by atoms with Crippen LogP contribution in [0.2, 0.25) is 5.02 Å². The number of amides is 2. The molecule has 0 aliphatic carbocycles. The Balaban J connectivity index is 1.36. The van der Waals surface area contributed by atoms with Crippen molar-refractivity contribution in [2.24, 2.45) is 0 Å². The highest BCUT2D eigenvalue weighted by Crippen LogP contribution is 2.21. The van der Waals surface area contributed by atoms with Gasteiger partial charge in [0.15, 0.2) is 11.5 Å². The monoisotopic (exact) mass is 513 g/mol. The van der Waals surface area contributed by atoms with Gasteiger partial charge in [-0.3, -0.25) is 14.7 Å². The second-order valence-corrected chi connectivity index (χ2v) is 8.44. The van der Waals surface area contributed by atoms with Gasteiger partial charge in [-0.1, -0.05) is 41.9 Å². The predicted octanol–water partition coefficient (Wildman–Crippen LogP) is 2.97. The smallest absolute Gasteiger partial charge is 0.248 e. The number of aromatic amines is 1. The van der Waals surface area contributed by atoms with Crippen LogP contribution in [0.3, 0.4) is 0 Å². The van der Waals surface area contributed by atoms with Gasteiger partial charge in [-0.2, -0.15) is 9.78 Å². The molecule has 5 aromatic rings. The van der Waals surface area contributed by atoms with Crippen molar-refractivity contribution in [1.29, 1.82) is 0 Å². The third-order valence-electron chi connectivity index (χ3n) is 5.49. The van der Waals surface area contributed by atoms with Crippen LogP contribution in [-0.4, -0.2) is 53.2 Å². The van der Waals surface area contributed by atoms with Crippen LogP contribution in [0.1, 0.15) is 11.1 Å². The summed E-state index contributed by atoms with van der Waals surface area (Å²) in [5.41, 5.74) is 2.69. The van der Waals surface area contributed by atoms with Crippen LogP contribution in [0, 0.1) is 0 Å². The largest absolute Gasteiger partial charge is 0.340 e. The molecule has 5 rings (SSSR count). The van der Waals surface area contributed by atoms with Crippen molar-refractivity contribution >= 4 is 46.3 Å². The van der Waals surface area contributed by atoms with E-state index in [1.165, 1.54) is 17.1 Å². The number of benzene rings is 2. The van der Waals surface area contributed by atoms with E-state index in [0.29, 0.717) is 33.1 Å². The fraction of sp³-hybridized carbons (Fsp3) is 0.0800. The Morgan fingerprint density at radius 3 is 2.78 bits per heavy atom. The molecular formula is C25H20ClN9O2. The number of rotatable bonds is 8. The van der Waals surface area contributed by atoms with Crippen LogP contribution in [0.5, 0.6) is 0 Å². The summed E-state index contributed by atoms with van der Waals surface area (Å²) in [5.74, 6) is -0.548. The van der Waals surface area contributed by atoms with E-state index in [9.17, 15) is 9.59 Å². The fourth-order valence-corrected chi connectivity index (χ4v) is 3.92. The lowest BCUT2D eigenvalue weighted by molar-refractivity contribution is -0.123. The molecule has 3 heterocycles. The molecule has 184 valence electrons. The van der Waals surface area contributed by atoms with Crippen molar-refractivity contribution in [2.45, 2.75) is 12.5 Å². The number of pyridine rings is 1. The molecule has 0 spiro atoms. The quantitative estimate of drug-likeness (QED) is 0.270. The molecule has 0 saturated heterocycles. The van der Waals surface area contributed by atoms with Crippen molar-refractivity contribution in [3.8, 4) is 5.69 Å². The summed E-state index contributed by atoms with van der Waals surface area (Å²) in [6.07, 6.45) is 6.26. The normalized spacial score (nSPS) is 12.0. The van der Waals surface area contributed by atoms with E-state index < -0.39 is 17.9 Å². The Bertz CT molecular complexity index is 1570. The van der Waals surface area contributed by atoms with Gasteiger partial charge in [-0.05, 0) is 52.4 Å². The Hall–Kier alpha value is -4.90. The maximum absolute atomic E-state index is 13.3. The van der Waals surface area contributed by atoms with Crippen LogP contribution in [-0.2, 0) is 16.0 Å². The third-order valence-corrected chi connectivity index (χ3v) is 5.73. The zero-order valence-corrected chi connectivity index (χ0v) is 20.0. The van der Waals surface area contributed by atoms with Gasteiger partial charge >= 0.3 is 0 Å². The SMILES string of the molecule is O=C(C=Cc1cc(Cl)ccc1-n1cnnn1)NC(Cc1ccccc1)C(=O)Nc1n[nH]c2ncccc12. The number of aromatic nitrogens is 7. The van der Waals surface area contributed by atoms with E-state index in [1.54, 1.807) is 42.6 Å². The van der Waals surface area contributed by atoms with Crippen LogP contribution >= 0.6 is 11.6 Å². The van der Waals surface area contributed by atoms with E-state index >= 15 is 0 Å². The predicted molar refractivity (Wildman–Crippen MR) is 138 cm³/mol. The second kappa shape index (κ2) is 10.8. The lowest BCUT2D eigenvalue weighted by Gasteiger charge is -2.17. The Morgan fingerprint density at radius 1 is 1.11 bits per heavy atom. The van der Waals surface area contributed by atoms with Gasteiger partial charge in [-0.15, -0.1) is 5.10 Å². The number of hydrogen-bond acceptors (Lipinski definition) is 7. The fourth-order valence-electron chi connectivity index (χ4n) is 3.74. The van der Waals surface area contributed by atoms with Crippen LogP contribution in [0.4, 0.5) is 5.82 Å². The molecule has 0 aliphatic rings. The lowest BCUT2D eigenvalue weighted by Crippen LogP contribution is -2.44. The van der Waals surface area contributed by atoms with Gasteiger partial charge in [0.25, 0.3) is 0 Å². The third kappa shape index (κ3) is 5.68. The number of tetrazole rings is 1. The minimum atomic E-state index is -0.874. The summed E-state index contributed by atoms with van der Waals surface area (Å²) >= 11 is 6.16. The Kier molecular flexibility index (Phi) is 6.95. The standard InChI is InChI=1S/C25H20ClN9O2/c26-18-9-10-21(35-15-28-33-34-35)17(14-18)8-11-22(36)29-20(13-16-5-2-1-3-6-16)25(37)30-24-19-7-4-12-27-23(19)31-32-24/h1-12,14-15,20H,13H2,(H,29,36)(H2,27,30,31,32,37). The van der Waals surface area contributed by atoms with Crippen molar-refractivity contribution in [1.82, 2.24) is 40.7 Å². The van der Waals surface area contributed by atoms with E-state index in [1.807, 2.05) is 30.3 Å². The van der Waals surface area contributed by atoms with Crippen molar-refractivity contribution in [3.05, 3.63) is 95.4 Å². The molecule has 3 aromatic heterocycles. The van der Waals surface area contributed by atoms with E-state index in [-0.39, 0.29) is 6.42 Å². The summed E-state index contributed by atoms with van der Waals surface area (Å²) in [5, 5.41) is 24.8. The molecule has 11 nitrogen and oxygen atoms in total. The number of nitrogens with one attached hydrogen (secondary N) is 3. The second-order valence-electron chi connectivity index (χ2n) is 8.00. The van der Waals surface area contributed by atoms with E-state index in [4.69, 9.17) is 11.6 Å². The number of halogens is 1. The summed E-state index contributed by atoms with van der Waals surface area (Å²) in [6.45, 7) is 0. The molecule has 37 heavy (non-hydrogen) atoms. The highest BCUT2D eigenvalue weighted by atomic mass is 35.5. The average molecular weight is 514 g/mol. The van der Waals surface area contributed by atoms with Gasteiger partial charge in [0.1, 0.15) is 12.4 Å². The summed E-state index contributed by atoms with van der Waals surface area (Å²) in [4.78, 5) is 30.4. The first-order valence-corrected chi connectivity index (χ1v) is 11.6. The average Bonchev–Trinajstić information content (AvgIpc) is 3.59. The summed E-state index contributed by atoms with van der Waals surface area (Å²) < 4.78 is 1.46. The molecular weight excluding hydrogens is 494 g/mol. The molecule has 0 radical (unpaired) electrons. The minimum Gasteiger partial charge on any atom is -0.340 e. The van der Waals surface area contributed by atoms with Gasteiger partial charge in [0.2, 0.25) is 11.8 Å². The first-order chi connectivity index (χ1) is 18.1. The number of carbonyl (C=O) groups excluding carboxylic acids is 2. The molecule has 2 aromatic carbocycles. The summed E-state index contributed by atoms with van der Waals surface area (Å²) in [7, 11) is 0. The highest BCUT2D eigenvalue weighted by Gasteiger charge is 2.22. The minimum absolute atomic E-state index is 0.278. The lowest BCUT2D eigenvalue weighted by atomic mass is 10.0. The molecule has 0 saturated carbocycles. The topological polar surface area (TPSA) is 143 Å². The molecule has 0 fully saturated rings. The first kappa shape index (κ1) is 23.8.